The number of amides is 1. The minimum atomic E-state index is -0.717. The molecule has 1 unspecified atom stereocenters. The summed E-state index contributed by atoms with van der Waals surface area (Å²) in [5.74, 6) is 0.826. The highest BCUT2D eigenvalue weighted by Crippen LogP contribution is 2.32. The highest BCUT2D eigenvalue weighted by Gasteiger charge is 2.22. The number of anilines is 1. The largest absolute Gasteiger partial charge is 0.493 e. The van der Waals surface area contributed by atoms with Crippen molar-refractivity contribution in [3.63, 3.8) is 0 Å². The molecule has 1 aromatic heterocycles. The number of pyridine rings is 1. The van der Waals surface area contributed by atoms with Crippen molar-refractivity contribution < 1.29 is 14.3 Å². The van der Waals surface area contributed by atoms with Crippen molar-refractivity contribution >= 4 is 17.4 Å². The van der Waals surface area contributed by atoms with E-state index in [1.165, 1.54) is 0 Å². The second-order valence-corrected chi connectivity index (χ2v) is 8.29. The zero-order valence-electron chi connectivity index (χ0n) is 20.5. The van der Waals surface area contributed by atoms with E-state index < -0.39 is 6.04 Å². The topological polar surface area (TPSA) is 122 Å². The van der Waals surface area contributed by atoms with Gasteiger partial charge in [-0.2, -0.15) is 0 Å². The number of rotatable bonds is 11. The van der Waals surface area contributed by atoms with E-state index in [-0.39, 0.29) is 18.3 Å². The fraction of sp³-hybridized carbons (Fsp3) is 0.138. The van der Waals surface area contributed by atoms with E-state index in [0.717, 1.165) is 11.3 Å². The molecule has 0 spiro atoms. The molecule has 0 aliphatic carbocycles. The average molecular weight is 496 g/mol. The minimum absolute atomic E-state index is 0.0188. The first-order valence-electron chi connectivity index (χ1n) is 11.8. The first-order chi connectivity index (χ1) is 18.0. The fourth-order valence-corrected chi connectivity index (χ4v) is 3.72. The van der Waals surface area contributed by atoms with Crippen molar-refractivity contribution in [1.29, 1.82) is 5.41 Å². The molecule has 0 aliphatic rings. The maximum absolute atomic E-state index is 13.4. The van der Waals surface area contributed by atoms with Crippen molar-refractivity contribution in [3.8, 4) is 11.5 Å². The second-order valence-electron chi connectivity index (χ2n) is 8.29. The van der Waals surface area contributed by atoms with Crippen molar-refractivity contribution in [2.75, 3.05) is 12.4 Å². The van der Waals surface area contributed by atoms with E-state index in [2.05, 4.69) is 15.6 Å². The summed E-state index contributed by atoms with van der Waals surface area (Å²) >= 11 is 0. The van der Waals surface area contributed by atoms with Crippen LogP contribution >= 0.6 is 0 Å². The van der Waals surface area contributed by atoms with Crippen LogP contribution in [0.25, 0.3) is 0 Å². The van der Waals surface area contributed by atoms with Crippen molar-refractivity contribution in [3.05, 3.63) is 120 Å². The predicted molar refractivity (Wildman–Crippen MR) is 144 cm³/mol. The number of nitrogens with zero attached hydrogens (tertiary/aromatic N) is 1. The monoisotopic (exact) mass is 495 g/mol. The molecule has 4 rings (SSSR count). The van der Waals surface area contributed by atoms with E-state index in [4.69, 9.17) is 20.6 Å². The van der Waals surface area contributed by atoms with Gasteiger partial charge in [-0.1, -0.05) is 42.5 Å². The van der Waals surface area contributed by atoms with Gasteiger partial charge >= 0.3 is 0 Å². The number of benzene rings is 3. The zero-order valence-corrected chi connectivity index (χ0v) is 20.5. The number of hydrogen-bond donors (Lipinski definition) is 4. The quantitative estimate of drug-likeness (QED) is 0.180. The molecule has 0 radical (unpaired) electrons. The van der Waals surface area contributed by atoms with Crippen LogP contribution < -0.4 is 25.8 Å². The highest BCUT2D eigenvalue weighted by molar-refractivity contribution is 5.95. The molecule has 8 heteroatoms. The third-order valence-electron chi connectivity index (χ3n) is 5.70. The number of carbonyl (C=O) groups is 1. The van der Waals surface area contributed by atoms with Crippen molar-refractivity contribution in [1.82, 2.24) is 10.3 Å². The molecule has 0 fully saturated rings. The molecule has 37 heavy (non-hydrogen) atoms. The highest BCUT2D eigenvalue weighted by atomic mass is 16.5. The van der Waals surface area contributed by atoms with E-state index in [0.29, 0.717) is 34.9 Å². The van der Waals surface area contributed by atoms with Gasteiger partial charge in [-0.15, -0.1) is 0 Å². The van der Waals surface area contributed by atoms with Gasteiger partial charge in [0.1, 0.15) is 18.5 Å². The smallest absolute Gasteiger partial charge is 0.247 e. The van der Waals surface area contributed by atoms with E-state index in [1.807, 2.05) is 54.6 Å². The summed E-state index contributed by atoms with van der Waals surface area (Å²) in [6.07, 6.45) is 1.71. The van der Waals surface area contributed by atoms with E-state index in [9.17, 15) is 4.79 Å². The Kier molecular flexibility index (Phi) is 8.33. The first kappa shape index (κ1) is 25.2. The van der Waals surface area contributed by atoms with Crippen LogP contribution in [0.5, 0.6) is 11.5 Å². The number of nitrogen functional groups attached to an aromatic ring is 1. The van der Waals surface area contributed by atoms with Gasteiger partial charge < -0.3 is 25.8 Å². The van der Waals surface area contributed by atoms with Gasteiger partial charge in [0.15, 0.2) is 11.5 Å². The minimum Gasteiger partial charge on any atom is -0.493 e. The molecule has 3 aromatic carbocycles. The molecule has 1 amide bonds. The number of nitrogens with two attached hydrogens (primary N) is 1. The van der Waals surface area contributed by atoms with Crippen LogP contribution in [0.4, 0.5) is 5.69 Å². The molecular weight excluding hydrogens is 466 g/mol. The van der Waals surface area contributed by atoms with Crippen LogP contribution in [0.15, 0.2) is 97.2 Å². The van der Waals surface area contributed by atoms with Gasteiger partial charge in [0, 0.05) is 24.0 Å². The summed E-state index contributed by atoms with van der Waals surface area (Å²) in [5, 5.41) is 13.9. The molecule has 1 atom stereocenters. The lowest BCUT2D eigenvalue weighted by Gasteiger charge is -2.22. The van der Waals surface area contributed by atoms with Crippen molar-refractivity contribution in [2.24, 2.45) is 5.73 Å². The average Bonchev–Trinajstić information content (AvgIpc) is 2.95. The van der Waals surface area contributed by atoms with Crippen LogP contribution in [0.1, 0.15) is 28.4 Å². The molecule has 1 heterocycles. The number of hydrogen-bond acceptors (Lipinski definition) is 6. The Bertz CT molecular complexity index is 1330. The third-order valence-corrected chi connectivity index (χ3v) is 5.70. The normalized spacial score (nSPS) is 11.3. The Morgan fingerprint density at radius 2 is 1.73 bits per heavy atom. The number of ether oxygens (including phenoxy) is 2. The summed E-state index contributed by atoms with van der Waals surface area (Å²) in [6, 6.07) is 27.1. The number of nitrogens with one attached hydrogen (secondary N) is 3. The Morgan fingerprint density at radius 3 is 2.41 bits per heavy atom. The Morgan fingerprint density at radius 1 is 0.973 bits per heavy atom. The van der Waals surface area contributed by atoms with Gasteiger partial charge in [0.25, 0.3) is 0 Å². The lowest BCUT2D eigenvalue weighted by molar-refractivity contribution is -0.122. The second kappa shape index (κ2) is 12.2. The van der Waals surface area contributed by atoms with Crippen LogP contribution in [0.3, 0.4) is 0 Å². The predicted octanol–water partition coefficient (Wildman–Crippen LogP) is 4.42. The first-order valence-corrected chi connectivity index (χ1v) is 11.8. The fourth-order valence-electron chi connectivity index (χ4n) is 3.72. The van der Waals surface area contributed by atoms with Gasteiger partial charge in [-0.05, 0) is 59.7 Å². The van der Waals surface area contributed by atoms with E-state index >= 15 is 0 Å². The molecule has 0 bridgehead atoms. The number of amidine groups is 1. The SMILES string of the molecule is COc1cc(C(Nc2ccc(C(=N)N)cc2)C(=O)NCc2ccccc2)ccc1OCc1ccccn1. The van der Waals surface area contributed by atoms with Crippen LogP contribution in [-0.4, -0.2) is 23.8 Å². The molecule has 4 aromatic rings. The summed E-state index contributed by atoms with van der Waals surface area (Å²) in [4.78, 5) is 17.7. The van der Waals surface area contributed by atoms with Crippen LogP contribution in [0, 0.1) is 5.41 Å². The van der Waals surface area contributed by atoms with Crippen molar-refractivity contribution in [2.45, 2.75) is 19.2 Å². The Hall–Kier alpha value is -4.85. The zero-order chi connectivity index (χ0) is 26.0. The molecule has 5 N–H and O–H groups in total. The lowest BCUT2D eigenvalue weighted by Crippen LogP contribution is -2.33. The summed E-state index contributed by atoms with van der Waals surface area (Å²) < 4.78 is 11.5. The Labute approximate surface area is 216 Å². The molecular formula is C29H29N5O3. The van der Waals surface area contributed by atoms with Gasteiger partial charge in [-0.25, -0.2) is 0 Å². The lowest BCUT2D eigenvalue weighted by atomic mass is 10.0. The number of methoxy groups -OCH3 is 1. The third kappa shape index (κ3) is 6.85. The van der Waals surface area contributed by atoms with Crippen LogP contribution in [0.2, 0.25) is 0 Å². The van der Waals surface area contributed by atoms with Crippen LogP contribution in [-0.2, 0) is 17.9 Å². The standard InChI is InChI=1S/C29H29N5O3/c1-36-26-17-22(12-15-25(26)37-19-24-9-5-6-16-32-24)27(29(35)33-18-20-7-3-2-4-8-20)34-23-13-10-21(11-14-23)28(30)31/h2-17,27,34H,18-19H2,1H3,(H3,30,31)(H,33,35). The van der Waals surface area contributed by atoms with Gasteiger partial charge in [-0.3, -0.25) is 15.2 Å². The molecule has 0 saturated heterocycles. The summed E-state index contributed by atoms with van der Waals surface area (Å²) in [5.41, 5.74) is 9.38. The van der Waals surface area contributed by atoms with Gasteiger partial charge in [0.05, 0.1) is 12.8 Å². The summed E-state index contributed by atoms with van der Waals surface area (Å²) in [6.45, 7) is 0.682. The Balaban J connectivity index is 1.57. The molecule has 0 saturated carbocycles. The maximum Gasteiger partial charge on any atom is 0.247 e. The van der Waals surface area contributed by atoms with E-state index in [1.54, 1.807) is 49.7 Å². The molecule has 188 valence electrons. The molecule has 8 nitrogen and oxygen atoms in total. The number of carbonyl (C=O) groups excluding carboxylic acids is 1. The van der Waals surface area contributed by atoms with Gasteiger partial charge in [0.2, 0.25) is 5.91 Å². The molecule has 0 aliphatic heterocycles. The number of aromatic nitrogens is 1. The maximum atomic E-state index is 13.4. The summed E-state index contributed by atoms with van der Waals surface area (Å²) in [7, 11) is 1.56.